The highest BCUT2D eigenvalue weighted by Gasteiger charge is 2.30. The van der Waals surface area contributed by atoms with Crippen LogP contribution in [-0.4, -0.2) is 57.3 Å². The molecular formula is C31H44FN3O6. The Morgan fingerprint density at radius 3 is 2.51 bits per heavy atom. The van der Waals surface area contributed by atoms with Crippen LogP contribution in [0.15, 0.2) is 30.3 Å². The molecule has 9 nitrogen and oxygen atoms in total. The predicted octanol–water partition coefficient (Wildman–Crippen LogP) is 5.56. The number of aromatic hydroxyl groups is 1. The number of imidazole rings is 1. The molecule has 0 spiro atoms. The summed E-state index contributed by atoms with van der Waals surface area (Å²) < 4.78 is 22.4. The van der Waals surface area contributed by atoms with E-state index in [-0.39, 0.29) is 30.4 Å². The van der Waals surface area contributed by atoms with Crippen molar-refractivity contribution in [3.63, 3.8) is 0 Å². The van der Waals surface area contributed by atoms with Gasteiger partial charge >= 0.3 is 0 Å². The van der Waals surface area contributed by atoms with Crippen molar-refractivity contribution < 1.29 is 34.0 Å². The monoisotopic (exact) mass is 573 g/mol. The first-order valence-electron chi connectivity index (χ1n) is 14.0. The number of halogens is 1. The number of aromatic nitrogens is 2. The fourth-order valence-corrected chi connectivity index (χ4v) is 5.42. The minimum atomic E-state index is -1.18. The van der Waals surface area contributed by atoms with Crippen LogP contribution in [0.3, 0.4) is 0 Å². The predicted molar refractivity (Wildman–Crippen MR) is 157 cm³/mol. The number of aliphatic hydroxyl groups excluding tert-OH is 1. The number of carboxylic acid groups (broad SMARTS) is 1. The number of phenolic OH excluding ortho intramolecular Hbond substituents is 1. The molecule has 10 heteroatoms. The summed E-state index contributed by atoms with van der Waals surface area (Å²) in [5.74, 6) is 1.25. The number of carbonyl (C=O) groups is 2. The number of ether oxygens (including phenoxy) is 1. The second-order valence-electron chi connectivity index (χ2n) is 10.8. The molecule has 4 atom stereocenters. The van der Waals surface area contributed by atoms with E-state index in [4.69, 9.17) is 24.4 Å². The van der Waals surface area contributed by atoms with E-state index in [1.165, 1.54) is 18.6 Å². The normalized spacial score (nSPS) is 18.0. The first kappa shape index (κ1) is 33.7. The van der Waals surface area contributed by atoms with Crippen molar-refractivity contribution in [3.05, 3.63) is 53.1 Å². The fourth-order valence-electron chi connectivity index (χ4n) is 5.42. The Labute approximate surface area is 241 Å². The summed E-state index contributed by atoms with van der Waals surface area (Å²) in [5.41, 5.74) is 2.74. The Morgan fingerprint density at radius 2 is 1.90 bits per heavy atom. The van der Waals surface area contributed by atoms with Crippen molar-refractivity contribution in [1.29, 1.82) is 0 Å². The summed E-state index contributed by atoms with van der Waals surface area (Å²) in [5, 5.41) is 32.6. The molecule has 1 fully saturated rings. The number of benzene rings is 2. The fraction of sp³-hybridized carbons (Fsp3) is 0.516. The van der Waals surface area contributed by atoms with Gasteiger partial charge in [-0.3, -0.25) is 4.79 Å². The lowest BCUT2D eigenvalue weighted by atomic mass is 9.86. The molecule has 0 saturated heterocycles. The van der Waals surface area contributed by atoms with Crippen LogP contribution >= 0.6 is 0 Å². The van der Waals surface area contributed by atoms with E-state index in [9.17, 15) is 14.6 Å². The van der Waals surface area contributed by atoms with Crippen LogP contribution < -0.4 is 10.1 Å². The van der Waals surface area contributed by atoms with Gasteiger partial charge in [0, 0.05) is 23.2 Å². The molecule has 1 aliphatic carbocycles. The SMILES string of the molecule is C=O.CNC(C)CCc1c(O)ccc2c1nc(C(O)c1cc(F)ccc1OC(C)C)n2C1CCCC(C)C1.O=CO. The van der Waals surface area contributed by atoms with E-state index in [0.29, 0.717) is 35.0 Å². The van der Waals surface area contributed by atoms with Gasteiger partial charge in [0.1, 0.15) is 36.0 Å². The van der Waals surface area contributed by atoms with Gasteiger partial charge in [0.25, 0.3) is 6.47 Å². The number of phenols is 1. The maximum Gasteiger partial charge on any atom is 0.290 e. The van der Waals surface area contributed by atoms with Crippen molar-refractivity contribution in [2.75, 3.05) is 7.05 Å². The highest BCUT2D eigenvalue weighted by Crippen LogP contribution is 2.41. The van der Waals surface area contributed by atoms with Crippen molar-refractivity contribution in [3.8, 4) is 11.5 Å². The third-order valence-corrected chi connectivity index (χ3v) is 7.44. The van der Waals surface area contributed by atoms with Gasteiger partial charge in [0.05, 0.1) is 17.1 Å². The molecular weight excluding hydrogens is 529 g/mol. The number of rotatable bonds is 9. The maximum absolute atomic E-state index is 14.4. The van der Waals surface area contributed by atoms with Crippen molar-refractivity contribution >= 4 is 24.3 Å². The van der Waals surface area contributed by atoms with Crippen molar-refractivity contribution in [1.82, 2.24) is 14.9 Å². The molecule has 226 valence electrons. The standard InChI is InChI=1S/C29H40FN3O3.CH2O2.CH2O/c1-17(2)36-26-14-10-20(30)16-23(26)28(35)29-32-27-22(11-9-19(4)31-5)25(34)13-12-24(27)33(29)21-8-6-7-18(3)15-21;2-1-3;1-2/h10,12-14,16-19,21,28,31,34-35H,6-9,11,15H2,1-5H3;1H,(H,2,3);1H2. The minimum absolute atomic E-state index is 0.128. The van der Waals surface area contributed by atoms with Crippen LogP contribution in [0.25, 0.3) is 11.0 Å². The van der Waals surface area contributed by atoms with Crippen molar-refractivity contribution in [2.45, 2.75) is 90.5 Å². The Kier molecular flexibility index (Phi) is 13.2. The lowest BCUT2D eigenvalue weighted by Gasteiger charge is -2.30. The quantitative estimate of drug-likeness (QED) is 0.245. The van der Waals surface area contributed by atoms with E-state index < -0.39 is 11.9 Å². The molecule has 1 saturated carbocycles. The smallest absolute Gasteiger partial charge is 0.290 e. The van der Waals surface area contributed by atoms with Gasteiger partial charge in [-0.15, -0.1) is 0 Å². The molecule has 4 unspecified atom stereocenters. The molecule has 0 radical (unpaired) electrons. The summed E-state index contributed by atoms with van der Waals surface area (Å²) in [4.78, 5) is 21.3. The molecule has 1 heterocycles. The Hall–Kier alpha value is -3.50. The average molecular weight is 574 g/mol. The lowest BCUT2D eigenvalue weighted by molar-refractivity contribution is -0.122. The number of hydrogen-bond donors (Lipinski definition) is 4. The zero-order valence-electron chi connectivity index (χ0n) is 24.6. The summed E-state index contributed by atoms with van der Waals surface area (Å²) >= 11 is 0. The van der Waals surface area contributed by atoms with Crippen molar-refractivity contribution in [2.24, 2.45) is 5.92 Å². The zero-order valence-corrected chi connectivity index (χ0v) is 24.6. The van der Waals surface area contributed by atoms with Crippen LogP contribution in [0.2, 0.25) is 0 Å². The van der Waals surface area contributed by atoms with Crippen LogP contribution in [0.1, 0.15) is 88.9 Å². The maximum atomic E-state index is 14.4. The number of aryl methyl sites for hydroxylation is 1. The molecule has 0 amide bonds. The molecule has 4 rings (SSSR count). The summed E-state index contributed by atoms with van der Waals surface area (Å²) in [7, 11) is 1.92. The summed E-state index contributed by atoms with van der Waals surface area (Å²) in [6, 6.07) is 8.34. The molecule has 2 aromatic carbocycles. The minimum Gasteiger partial charge on any atom is -0.508 e. The molecule has 4 N–H and O–H groups in total. The lowest BCUT2D eigenvalue weighted by Crippen LogP contribution is -2.22. The number of hydrogen-bond acceptors (Lipinski definition) is 7. The molecule has 41 heavy (non-hydrogen) atoms. The third-order valence-electron chi connectivity index (χ3n) is 7.44. The van der Waals surface area contributed by atoms with E-state index in [2.05, 4.69) is 23.7 Å². The highest BCUT2D eigenvalue weighted by atomic mass is 19.1. The average Bonchev–Trinajstić information content (AvgIpc) is 3.34. The van der Waals surface area contributed by atoms with Gasteiger partial charge in [-0.05, 0) is 89.8 Å². The molecule has 0 bridgehead atoms. The molecule has 1 aromatic heterocycles. The second-order valence-corrected chi connectivity index (χ2v) is 10.8. The number of carbonyl (C=O) groups excluding carboxylic acids is 1. The van der Waals surface area contributed by atoms with Gasteiger partial charge in [-0.1, -0.05) is 19.8 Å². The van der Waals surface area contributed by atoms with Gasteiger partial charge in [-0.2, -0.15) is 0 Å². The second kappa shape index (κ2) is 16.1. The Balaban J connectivity index is 0.00000110. The van der Waals surface area contributed by atoms with Gasteiger partial charge in [0.2, 0.25) is 0 Å². The largest absolute Gasteiger partial charge is 0.508 e. The van der Waals surface area contributed by atoms with E-state index in [0.717, 1.165) is 36.8 Å². The summed E-state index contributed by atoms with van der Waals surface area (Å²) in [6.45, 7) is 9.92. The third kappa shape index (κ3) is 8.50. The van der Waals surface area contributed by atoms with Gasteiger partial charge in [0.15, 0.2) is 0 Å². The molecule has 0 aliphatic heterocycles. The first-order chi connectivity index (χ1) is 19.6. The molecule has 3 aromatic rings. The molecule has 1 aliphatic rings. The van der Waals surface area contributed by atoms with E-state index in [1.807, 2.05) is 33.8 Å². The van der Waals surface area contributed by atoms with Crippen LogP contribution in [0, 0.1) is 11.7 Å². The van der Waals surface area contributed by atoms with E-state index >= 15 is 0 Å². The number of nitrogens with zero attached hydrogens (tertiary/aromatic N) is 2. The van der Waals surface area contributed by atoms with E-state index in [1.54, 1.807) is 12.1 Å². The van der Waals surface area contributed by atoms with Gasteiger partial charge < -0.3 is 34.7 Å². The summed E-state index contributed by atoms with van der Waals surface area (Å²) in [6.07, 6.45) is 4.45. The topological polar surface area (TPSA) is 134 Å². The number of aliphatic hydroxyl groups is 1. The van der Waals surface area contributed by atoms with Crippen LogP contribution in [-0.2, 0) is 16.0 Å². The number of nitrogens with one attached hydrogen (secondary N) is 1. The Bertz CT molecular complexity index is 1260. The van der Waals surface area contributed by atoms with Crippen LogP contribution in [0.4, 0.5) is 4.39 Å². The zero-order chi connectivity index (χ0) is 30.7. The van der Waals surface area contributed by atoms with Crippen LogP contribution in [0.5, 0.6) is 11.5 Å². The number of fused-ring (bicyclic) bond motifs is 1. The van der Waals surface area contributed by atoms with Gasteiger partial charge in [-0.25, -0.2) is 9.37 Å². The Morgan fingerprint density at radius 1 is 1.22 bits per heavy atom. The first-order valence-corrected chi connectivity index (χ1v) is 14.0. The highest BCUT2D eigenvalue weighted by molar-refractivity contribution is 5.82.